The Hall–Kier alpha value is -0.310. The summed E-state index contributed by atoms with van der Waals surface area (Å²) in [7, 11) is 0. The zero-order valence-electron chi connectivity index (χ0n) is 8.14. The van der Waals surface area contributed by atoms with Gasteiger partial charge in [-0.2, -0.15) is 0 Å². The van der Waals surface area contributed by atoms with Crippen molar-refractivity contribution in [2.45, 2.75) is 38.9 Å². The van der Waals surface area contributed by atoms with Crippen molar-refractivity contribution in [2.75, 3.05) is 5.75 Å². The second-order valence-electron chi connectivity index (χ2n) is 3.82. The smallest absolute Gasteiger partial charge is 0.150 e. The number of hydrogen-bond acceptors (Lipinski definition) is 3. The standard InChI is InChI=1S/C9H16O2S/c1-7(10)5-8(11)6-12-9(2,3)4/h5-6H2,1-4H3. The molecule has 0 aliphatic heterocycles. The highest BCUT2D eigenvalue weighted by atomic mass is 32.2. The number of rotatable bonds is 4. The molecule has 0 aromatic carbocycles. The quantitative estimate of drug-likeness (QED) is 0.633. The Morgan fingerprint density at radius 1 is 1.25 bits per heavy atom. The van der Waals surface area contributed by atoms with Gasteiger partial charge >= 0.3 is 0 Å². The van der Waals surface area contributed by atoms with Gasteiger partial charge in [0.15, 0.2) is 0 Å². The number of thioether (sulfide) groups is 1. The lowest BCUT2D eigenvalue weighted by Gasteiger charge is -2.16. The molecule has 0 saturated heterocycles. The molecule has 0 N–H and O–H groups in total. The summed E-state index contributed by atoms with van der Waals surface area (Å²) in [5.41, 5.74) is 0. The molecule has 2 nitrogen and oxygen atoms in total. The summed E-state index contributed by atoms with van der Waals surface area (Å²) in [5.74, 6) is 0.431. The molecule has 0 atom stereocenters. The maximum atomic E-state index is 11.1. The Morgan fingerprint density at radius 3 is 2.08 bits per heavy atom. The minimum absolute atomic E-state index is 0.0300. The van der Waals surface area contributed by atoms with E-state index in [-0.39, 0.29) is 22.7 Å². The lowest BCUT2D eigenvalue weighted by atomic mass is 10.2. The fraction of sp³-hybridized carbons (Fsp3) is 0.778. The average Bonchev–Trinajstić information content (AvgIpc) is 1.80. The molecule has 0 bridgehead atoms. The van der Waals surface area contributed by atoms with Crippen LogP contribution in [0.1, 0.15) is 34.1 Å². The first kappa shape index (κ1) is 11.7. The molecule has 0 saturated carbocycles. The van der Waals surface area contributed by atoms with Gasteiger partial charge < -0.3 is 0 Å². The van der Waals surface area contributed by atoms with E-state index in [1.54, 1.807) is 11.8 Å². The fourth-order valence-electron chi connectivity index (χ4n) is 0.626. The summed E-state index contributed by atoms with van der Waals surface area (Å²) in [5, 5.41) is 0. The largest absolute Gasteiger partial charge is 0.300 e. The first-order valence-electron chi connectivity index (χ1n) is 3.96. The van der Waals surface area contributed by atoms with Crippen molar-refractivity contribution in [1.82, 2.24) is 0 Å². The van der Waals surface area contributed by atoms with Gasteiger partial charge in [-0.25, -0.2) is 0 Å². The first-order chi connectivity index (χ1) is 5.31. The Morgan fingerprint density at radius 2 is 1.75 bits per heavy atom. The molecule has 12 heavy (non-hydrogen) atoms. The summed E-state index contributed by atoms with van der Waals surface area (Å²) in [6, 6.07) is 0. The normalized spacial score (nSPS) is 11.3. The second kappa shape index (κ2) is 4.65. The maximum absolute atomic E-state index is 11.1. The van der Waals surface area contributed by atoms with Crippen LogP contribution in [0, 0.1) is 0 Å². The van der Waals surface area contributed by atoms with E-state index in [0.717, 1.165) is 0 Å². The van der Waals surface area contributed by atoms with Crippen LogP contribution in [-0.2, 0) is 9.59 Å². The van der Waals surface area contributed by atoms with Gasteiger partial charge in [0.2, 0.25) is 0 Å². The minimum Gasteiger partial charge on any atom is -0.300 e. The van der Waals surface area contributed by atoms with E-state index in [1.165, 1.54) is 6.92 Å². The van der Waals surface area contributed by atoms with Gasteiger partial charge in [0.1, 0.15) is 11.6 Å². The highest BCUT2D eigenvalue weighted by Gasteiger charge is 2.13. The fourth-order valence-corrected chi connectivity index (χ4v) is 1.32. The van der Waals surface area contributed by atoms with Crippen molar-refractivity contribution in [3.63, 3.8) is 0 Å². The van der Waals surface area contributed by atoms with Crippen LogP contribution in [0.2, 0.25) is 0 Å². The van der Waals surface area contributed by atoms with E-state index >= 15 is 0 Å². The average molecular weight is 188 g/mol. The van der Waals surface area contributed by atoms with Crippen molar-refractivity contribution in [3.8, 4) is 0 Å². The number of carbonyl (C=O) groups excluding carboxylic acids is 2. The van der Waals surface area contributed by atoms with Crippen molar-refractivity contribution < 1.29 is 9.59 Å². The van der Waals surface area contributed by atoms with Crippen molar-refractivity contribution in [2.24, 2.45) is 0 Å². The topological polar surface area (TPSA) is 34.1 Å². The minimum atomic E-state index is -0.0468. The number of hydrogen-bond donors (Lipinski definition) is 0. The Labute approximate surface area is 78.1 Å². The number of carbonyl (C=O) groups is 2. The summed E-state index contributed by atoms with van der Waals surface area (Å²) in [6.45, 7) is 7.61. The monoisotopic (exact) mass is 188 g/mol. The van der Waals surface area contributed by atoms with E-state index in [1.807, 2.05) is 0 Å². The summed E-state index contributed by atoms with van der Waals surface area (Å²) < 4.78 is 0.104. The lowest BCUT2D eigenvalue weighted by molar-refractivity contribution is -0.124. The van der Waals surface area contributed by atoms with Gasteiger partial charge in [0, 0.05) is 4.75 Å². The molecule has 0 amide bonds. The van der Waals surface area contributed by atoms with Gasteiger partial charge in [-0.3, -0.25) is 9.59 Å². The highest BCUT2D eigenvalue weighted by molar-refractivity contribution is 8.01. The van der Waals surface area contributed by atoms with Crippen LogP contribution in [0.25, 0.3) is 0 Å². The zero-order valence-corrected chi connectivity index (χ0v) is 8.96. The molecule has 0 aromatic heterocycles. The van der Waals surface area contributed by atoms with E-state index in [9.17, 15) is 9.59 Å². The molecule has 0 radical (unpaired) electrons. The third-order valence-corrected chi connectivity index (χ3v) is 2.44. The predicted octanol–water partition coefficient (Wildman–Crippen LogP) is 2.07. The van der Waals surface area contributed by atoms with E-state index in [0.29, 0.717) is 5.75 Å². The van der Waals surface area contributed by atoms with Crippen LogP contribution in [0.5, 0.6) is 0 Å². The van der Waals surface area contributed by atoms with E-state index in [2.05, 4.69) is 20.8 Å². The van der Waals surface area contributed by atoms with Crippen LogP contribution >= 0.6 is 11.8 Å². The maximum Gasteiger partial charge on any atom is 0.150 e. The molecule has 0 rings (SSSR count). The van der Waals surface area contributed by atoms with Gasteiger partial charge in [-0.05, 0) is 6.92 Å². The van der Waals surface area contributed by atoms with Crippen molar-refractivity contribution in [3.05, 3.63) is 0 Å². The Balaban J connectivity index is 3.65. The molecule has 0 aromatic rings. The molecule has 0 heterocycles. The molecule has 70 valence electrons. The molecule has 3 heteroatoms. The predicted molar refractivity (Wildman–Crippen MR) is 52.5 cm³/mol. The number of ketones is 2. The van der Waals surface area contributed by atoms with Gasteiger partial charge in [0.25, 0.3) is 0 Å². The SMILES string of the molecule is CC(=O)CC(=O)CSC(C)(C)C. The van der Waals surface area contributed by atoms with Gasteiger partial charge in [-0.1, -0.05) is 20.8 Å². The van der Waals surface area contributed by atoms with E-state index < -0.39 is 0 Å². The van der Waals surface area contributed by atoms with Crippen LogP contribution in [0.15, 0.2) is 0 Å². The van der Waals surface area contributed by atoms with E-state index in [4.69, 9.17) is 0 Å². The molecule has 0 spiro atoms. The molecule has 0 unspecified atom stereocenters. The van der Waals surface area contributed by atoms with Crippen LogP contribution in [0.4, 0.5) is 0 Å². The highest BCUT2D eigenvalue weighted by Crippen LogP contribution is 2.22. The Bertz CT molecular complexity index is 179. The van der Waals surface area contributed by atoms with Crippen LogP contribution < -0.4 is 0 Å². The van der Waals surface area contributed by atoms with Crippen molar-refractivity contribution in [1.29, 1.82) is 0 Å². The third kappa shape index (κ3) is 7.79. The molecule has 0 aliphatic carbocycles. The summed E-state index contributed by atoms with van der Waals surface area (Å²) in [4.78, 5) is 21.6. The van der Waals surface area contributed by atoms with Gasteiger partial charge in [0.05, 0.1) is 12.2 Å². The zero-order chi connectivity index (χ0) is 9.78. The van der Waals surface area contributed by atoms with Gasteiger partial charge in [-0.15, -0.1) is 11.8 Å². The van der Waals surface area contributed by atoms with Crippen LogP contribution in [0.3, 0.4) is 0 Å². The molecular formula is C9H16O2S. The number of Topliss-reactive ketones (excluding diaryl/α,β-unsaturated/α-hetero) is 2. The van der Waals surface area contributed by atoms with Crippen LogP contribution in [-0.4, -0.2) is 22.1 Å². The first-order valence-corrected chi connectivity index (χ1v) is 4.95. The Kier molecular flexibility index (Phi) is 4.53. The summed E-state index contributed by atoms with van der Waals surface area (Å²) in [6.07, 6.45) is 0.0864. The second-order valence-corrected chi connectivity index (χ2v) is 5.62. The molecular weight excluding hydrogens is 172 g/mol. The van der Waals surface area contributed by atoms with Crippen molar-refractivity contribution >= 4 is 23.3 Å². The molecule has 0 aliphatic rings. The molecule has 0 fully saturated rings. The third-order valence-electron chi connectivity index (χ3n) is 1.11. The lowest BCUT2D eigenvalue weighted by Crippen LogP contribution is -2.14. The summed E-state index contributed by atoms with van der Waals surface area (Å²) >= 11 is 1.58.